The number of rotatable bonds is 8. The van der Waals surface area contributed by atoms with Gasteiger partial charge in [0.05, 0.1) is 6.61 Å². The van der Waals surface area contributed by atoms with Crippen LogP contribution in [-0.4, -0.2) is 50.8 Å². The summed E-state index contributed by atoms with van der Waals surface area (Å²) >= 11 is 0. The molecular weight excluding hydrogens is 224 g/mol. The van der Waals surface area contributed by atoms with Crippen LogP contribution in [0, 0.1) is 5.92 Å². The third kappa shape index (κ3) is 5.98. The maximum absolute atomic E-state index is 5.18. The van der Waals surface area contributed by atoms with Crippen molar-refractivity contribution in [3.8, 4) is 0 Å². The van der Waals surface area contributed by atoms with Crippen LogP contribution in [0.1, 0.15) is 33.6 Å². The zero-order chi connectivity index (χ0) is 13.4. The predicted molar refractivity (Wildman–Crippen MR) is 77.9 cm³/mol. The van der Waals surface area contributed by atoms with Crippen molar-refractivity contribution in [1.29, 1.82) is 0 Å². The molecule has 0 spiro atoms. The summed E-state index contributed by atoms with van der Waals surface area (Å²) in [6.45, 7) is 12.2. The van der Waals surface area contributed by atoms with E-state index in [2.05, 4.69) is 37.1 Å². The predicted octanol–water partition coefficient (Wildman–Crippen LogP) is 2.29. The minimum Gasteiger partial charge on any atom is -0.380 e. The van der Waals surface area contributed by atoms with Crippen LogP contribution in [0.15, 0.2) is 11.6 Å². The Morgan fingerprint density at radius 3 is 2.72 bits per heavy atom. The van der Waals surface area contributed by atoms with E-state index in [1.165, 1.54) is 18.5 Å². The van der Waals surface area contributed by atoms with Crippen molar-refractivity contribution in [3.05, 3.63) is 11.6 Å². The van der Waals surface area contributed by atoms with E-state index < -0.39 is 0 Å². The van der Waals surface area contributed by atoms with Crippen molar-refractivity contribution in [1.82, 2.24) is 10.2 Å². The molecule has 0 aliphatic carbocycles. The minimum absolute atomic E-state index is 0.671. The molecule has 0 bridgehead atoms. The molecule has 1 atom stereocenters. The van der Waals surface area contributed by atoms with Crippen molar-refractivity contribution < 1.29 is 4.74 Å². The van der Waals surface area contributed by atoms with E-state index >= 15 is 0 Å². The highest BCUT2D eigenvalue weighted by molar-refractivity contribution is 5.08. The van der Waals surface area contributed by atoms with E-state index in [1.54, 1.807) is 7.11 Å². The lowest BCUT2D eigenvalue weighted by atomic mass is 10.1. The molecular formula is C15H30N2O. The normalized spacial score (nSPS) is 19.1. The molecule has 3 heteroatoms. The number of ether oxygens (including phenoxy) is 1. The third-order valence-electron chi connectivity index (χ3n) is 3.58. The second-order valence-corrected chi connectivity index (χ2v) is 5.78. The summed E-state index contributed by atoms with van der Waals surface area (Å²) in [5.41, 5.74) is 1.46. The number of hydrogen-bond acceptors (Lipinski definition) is 3. The summed E-state index contributed by atoms with van der Waals surface area (Å²) < 4.78 is 5.18. The summed E-state index contributed by atoms with van der Waals surface area (Å²) in [4.78, 5) is 2.57. The van der Waals surface area contributed by atoms with Gasteiger partial charge in [-0.3, -0.25) is 4.90 Å². The summed E-state index contributed by atoms with van der Waals surface area (Å²) in [5, 5.41) is 3.52. The number of nitrogens with zero attached hydrogens (tertiary/aromatic N) is 1. The summed E-state index contributed by atoms with van der Waals surface area (Å²) in [7, 11) is 1.77. The molecule has 1 N–H and O–H groups in total. The van der Waals surface area contributed by atoms with Gasteiger partial charge in [0, 0.05) is 26.2 Å². The quantitative estimate of drug-likeness (QED) is 0.531. The fraction of sp³-hybridized carbons (Fsp3) is 0.867. The van der Waals surface area contributed by atoms with Gasteiger partial charge in [-0.2, -0.15) is 0 Å². The maximum Gasteiger partial charge on any atom is 0.0673 e. The Labute approximate surface area is 113 Å². The molecule has 1 aliphatic heterocycles. The Hall–Kier alpha value is -0.380. The second kappa shape index (κ2) is 8.68. The average molecular weight is 254 g/mol. The highest BCUT2D eigenvalue weighted by Crippen LogP contribution is 2.14. The van der Waals surface area contributed by atoms with Gasteiger partial charge in [0.1, 0.15) is 0 Å². The molecule has 0 radical (unpaired) electrons. The molecule has 0 saturated heterocycles. The van der Waals surface area contributed by atoms with Gasteiger partial charge in [-0.05, 0) is 44.3 Å². The lowest BCUT2D eigenvalue weighted by Gasteiger charge is -2.32. The second-order valence-electron chi connectivity index (χ2n) is 5.78. The van der Waals surface area contributed by atoms with E-state index in [0.717, 1.165) is 38.6 Å². The summed E-state index contributed by atoms with van der Waals surface area (Å²) in [6.07, 6.45) is 4.74. The van der Waals surface area contributed by atoms with Gasteiger partial charge in [0.2, 0.25) is 0 Å². The SMILES string of the molecule is COCC1=CCN(C(C)CCNCC(C)C)CC1. The fourth-order valence-corrected chi connectivity index (χ4v) is 2.33. The molecule has 0 aromatic rings. The number of nitrogens with one attached hydrogen (secondary N) is 1. The van der Waals surface area contributed by atoms with Crippen LogP contribution in [0.2, 0.25) is 0 Å². The highest BCUT2D eigenvalue weighted by Gasteiger charge is 2.16. The van der Waals surface area contributed by atoms with Crippen molar-refractivity contribution >= 4 is 0 Å². The number of methoxy groups -OCH3 is 1. The van der Waals surface area contributed by atoms with Gasteiger partial charge in [0.15, 0.2) is 0 Å². The van der Waals surface area contributed by atoms with Crippen molar-refractivity contribution in [3.63, 3.8) is 0 Å². The van der Waals surface area contributed by atoms with Crippen molar-refractivity contribution in [2.75, 3.05) is 39.9 Å². The standard InChI is InChI=1S/C15H30N2O/c1-13(2)11-16-8-5-14(3)17-9-6-15(7-10-17)12-18-4/h6,13-14,16H,5,7-12H2,1-4H3. The monoisotopic (exact) mass is 254 g/mol. The van der Waals surface area contributed by atoms with E-state index in [4.69, 9.17) is 4.74 Å². The van der Waals surface area contributed by atoms with Crippen LogP contribution in [0.3, 0.4) is 0 Å². The van der Waals surface area contributed by atoms with Gasteiger partial charge >= 0.3 is 0 Å². The molecule has 1 aliphatic rings. The van der Waals surface area contributed by atoms with E-state index in [1.807, 2.05) is 0 Å². The average Bonchev–Trinajstić information content (AvgIpc) is 2.35. The van der Waals surface area contributed by atoms with Crippen LogP contribution in [0.4, 0.5) is 0 Å². The first-order valence-electron chi connectivity index (χ1n) is 7.25. The molecule has 3 nitrogen and oxygen atoms in total. The Morgan fingerprint density at radius 2 is 2.17 bits per heavy atom. The smallest absolute Gasteiger partial charge is 0.0673 e. The molecule has 0 aromatic carbocycles. The van der Waals surface area contributed by atoms with E-state index in [9.17, 15) is 0 Å². The van der Waals surface area contributed by atoms with E-state index in [0.29, 0.717) is 6.04 Å². The molecule has 0 saturated carbocycles. The Kier molecular flexibility index (Phi) is 7.56. The van der Waals surface area contributed by atoms with Crippen LogP contribution < -0.4 is 5.32 Å². The van der Waals surface area contributed by atoms with Crippen molar-refractivity contribution in [2.45, 2.75) is 39.7 Å². The highest BCUT2D eigenvalue weighted by atomic mass is 16.5. The maximum atomic E-state index is 5.18. The molecule has 1 unspecified atom stereocenters. The third-order valence-corrected chi connectivity index (χ3v) is 3.58. The van der Waals surface area contributed by atoms with Gasteiger partial charge in [-0.1, -0.05) is 19.9 Å². The first kappa shape index (κ1) is 15.7. The molecule has 1 heterocycles. The fourth-order valence-electron chi connectivity index (χ4n) is 2.33. The van der Waals surface area contributed by atoms with Gasteiger partial charge < -0.3 is 10.1 Å². The molecule has 1 rings (SSSR count). The lowest BCUT2D eigenvalue weighted by Crippen LogP contribution is -2.39. The molecule has 0 fully saturated rings. The zero-order valence-electron chi connectivity index (χ0n) is 12.5. The Balaban J connectivity index is 2.17. The van der Waals surface area contributed by atoms with E-state index in [-0.39, 0.29) is 0 Å². The zero-order valence-corrected chi connectivity index (χ0v) is 12.5. The minimum atomic E-state index is 0.671. The first-order chi connectivity index (χ1) is 8.63. The topological polar surface area (TPSA) is 24.5 Å². The summed E-state index contributed by atoms with van der Waals surface area (Å²) in [5.74, 6) is 0.745. The van der Waals surface area contributed by atoms with Crippen LogP contribution in [-0.2, 0) is 4.74 Å². The lowest BCUT2D eigenvalue weighted by molar-refractivity contribution is 0.190. The van der Waals surface area contributed by atoms with Crippen LogP contribution in [0.5, 0.6) is 0 Å². The van der Waals surface area contributed by atoms with Crippen LogP contribution >= 0.6 is 0 Å². The largest absolute Gasteiger partial charge is 0.380 e. The van der Waals surface area contributed by atoms with Gasteiger partial charge in [-0.25, -0.2) is 0 Å². The first-order valence-corrected chi connectivity index (χ1v) is 7.25. The molecule has 106 valence electrons. The Morgan fingerprint density at radius 1 is 1.39 bits per heavy atom. The van der Waals surface area contributed by atoms with Crippen molar-refractivity contribution in [2.24, 2.45) is 5.92 Å². The number of hydrogen-bond donors (Lipinski definition) is 1. The molecule has 0 aromatic heterocycles. The van der Waals surface area contributed by atoms with Gasteiger partial charge in [-0.15, -0.1) is 0 Å². The molecule has 0 amide bonds. The Bertz CT molecular complexity index is 251. The summed E-state index contributed by atoms with van der Waals surface area (Å²) in [6, 6.07) is 0.671. The van der Waals surface area contributed by atoms with Gasteiger partial charge in [0.25, 0.3) is 0 Å². The van der Waals surface area contributed by atoms with Crippen LogP contribution in [0.25, 0.3) is 0 Å². The molecule has 18 heavy (non-hydrogen) atoms.